The van der Waals surface area contributed by atoms with Crippen LogP contribution < -0.4 is 9.62 Å². The fourth-order valence-electron chi connectivity index (χ4n) is 3.06. The van der Waals surface area contributed by atoms with Crippen LogP contribution in [0.25, 0.3) is 0 Å². The van der Waals surface area contributed by atoms with Gasteiger partial charge in [0.15, 0.2) is 11.6 Å². The first-order valence-corrected chi connectivity index (χ1v) is 10.8. The maximum atomic E-state index is 13.6. The first-order valence-electron chi connectivity index (χ1n) is 8.96. The first kappa shape index (κ1) is 21.8. The molecule has 0 saturated heterocycles. The number of anilines is 2. The van der Waals surface area contributed by atoms with Gasteiger partial charge in [-0.25, -0.2) is 17.2 Å². The van der Waals surface area contributed by atoms with Crippen molar-refractivity contribution >= 4 is 27.3 Å². The number of halogens is 2. The molecule has 1 N–H and O–H groups in total. The Bertz CT molecular complexity index is 955. The van der Waals surface area contributed by atoms with E-state index in [1.54, 1.807) is 0 Å². The zero-order valence-corrected chi connectivity index (χ0v) is 17.1. The fourth-order valence-corrected chi connectivity index (χ4v) is 4.23. The monoisotopic (exact) mass is 410 g/mol. The van der Waals surface area contributed by atoms with Crippen molar-refractivity contribution in [2.24, 2.45) is 0 Å². The Balaban J connectivity index is 2.42. The SMILES string of the molecule is CCc1cccc(CC)c1NC(=O)C(C)N(c1ccc(F)c(F)c1)S(C)(=O)=O. The molecule has 0 fully saturated rings. The molecule has 2 rings (SSSR count). The van der Waals surface area contributed by atoms with E-state index in [9.17, 15) is 22.0 Å². The van der Waals surface area contributed by atoms with E-state index in [0.717, 1.165) is 39.9 Å². The van der Waals surface area contributed by atoms with E-state index in [2.05, 4.69) is 5.32 Å². The molecule has 2 aromatic rings. The maximum Gasteiger partial charge on any atom is 0.248 e. The molecule has 0 heterocycles. The Morgan fingerprint density at radius 1 is 1.07 bits per heavy atom. The fraction of sp³-hybridized carbons (Fsp3) is 0.350. The van der Waals surface area contributed by atoms with E-state index in [1.165, 1.54) is 6.92 Å². The smallest absolute Gasteiger partial charge is 0.248 e. The molecule has 0 bridgehead atoms. The second-order valence-corrected chi connectivity index (χ2v) is 8.34. The van der Waals surface area contributed by atoms with Gasteiger partial charge in [-0.15, -0.1) is 0 Å². The summed E-state index contributed by atoms with van der Waals surface area (Å²) < 4.78 is 52.3. The highest BCUT2D eigenvalue weighted by molar-refractivity contribution is 7.92. The van der Waals surface area contributed by atoms with Gasteiger partial charge < -0.3 is 5.32 Å². The summed E-state index contributed by atoms with van der Waals surface area (Å²) >= 11 is 0. The van der Waals surface area contributed by atoms with Gasteiger partial charge >= 0.3 is 0 Å². The highest BCUT2D eigenvalue weighted by Gasteiger charge is 2.30. The van der Waals surface area contributed by atoms with Crippen LogP contribution in [-0.4, -0.2) is 26.6 Å². The molecule has 0 saturated carbocycles. The first-order chi connectivity index (χ1) is 13.1. The number of sulfonamides is 1. The van der Waals surface area contributed by atoms with Gasteiger partial charge in [0, 0.05) is 11.8 Å². The third-order valence-electron chi connectivity index (χ3n) is 4.49. The number of nitrogens with one attached hydrogen (secondary N) is 1. The lowest BCUT2D eigenvalue weighted by molar-refractivity contribution is -0.116. The number of hydrogen-bond acceptors (Lipinski definition) is 3. The van der Waals surface area contributed by atoms with E-state index >= 15 is 0 Å². The number of benzene rings is 2. The maximum absolute atomic E-state index is 13.6. The quantitative estimate of drug-likeness (QED) is 0.753. The average Bonchev–Trinajstić information content (AvgIpc) is 2.63. The molecule has 1 unspecified atom stereocenters. The minimum absolute atomic E-state index is 0.122. The molecule has 0 aliphatic heterocycles. The number of hydrogen-bond donors (Lipinski definition) is 1. The van der Waals surface area contributed by atoms with Crippen LogP contribution in [-0.2, 0) is 27.7 Å². The number of aryl methyl sites for hydroxylation is 2. The van der Waals surface area contributed by atoms with Gasteiger partial charge in [-0.3, -0.25) is 9.10 Å². The Kier molecular flexibility index (Phi) is 6.77. The topological polar surface area (TPSA) is 66.5 Å². The molecule has 0 aliphatic rings. The van der Waals surface area contributed by atoms with Gasteiger partial charge in [-0.1, -0.05) is 32.0 Å². The van der Waals surface area contributed by atoms with Gasteiger partial charge in [0.05, 0.1) is 11.9 Å². The zero-order valence-electron chi connectivity index (χ0n) is 16.3. The van der Waals surface area contributed by atoms with Crippen LogP contribution in [0.1, 0.15) is 31.9 Å². The summed E-state index contributed by atoms with van der Waals surface area (Å²) in [4.78, 5) is 12.9. The molecule has 28 heavy (non-hydrogen) atoms. The third kappa shape index (κ3) is 4.67. The Morgan fingerprint density at radius 3 is 2.11 bits per heavy atom. The van der Waals surface area contributed by atoms with E-state index in [4.69, 9.17) is 0 Å². The van der Waals surface area contributed by atoms with Gasteiger partial charge in [0.25, 0.3) is 0 Å². The standard InChI is InChI=1S/C20H24F2N2O3S/c1-5-14-8-7-9-15(6-2)19(14)23-20(25)13(3)24(28(4,26)27)16-10-11-17(21)18(22)12-16/h7-13H,5-6H2,1-4H3,(H,23,25). The van der Waals surface area contributed by atoms with Crippen LogP contribution in [0.2, 0.25) is 0 Å². The molecule has 0 aromatic heterocycles. The summed E-state index contributed by atoms with van der Waals surface area (Å²) in [6.07, 6.45) is 2.29. The van der Waals surface area contributed by atoms with Crippen LogP contribution in [0.3, 0.4) is 0 Å². The lowest BCUT2D eigenvalue weighted by atomic mass is 10.0. The van der Waals surface area contributed by atoms with Crippen LogP contribution in [0.4, 0.5) is 20.2 Å². The van der Waals surface area contributed by atoms with Crippen molar-refractivity contribution in [1.29, 1.82) is 0 Å². The number of para-hydroxylation sites is 1. The second-order valence-electron chi connectivity index (χ2n) is 6.48. The molecular weight excluding hydrogens is 386 g/mol. The largest absolute Gasteiger partial charge is 0.324 e. The highest BCUT2D eigenvalue weighted by atomic mass is 32.2. The van der Waals surface area contributed by atoms with Crippen LogP contribution >= 0.6 is 0 Å². The number of rotatable bonds is 7. The van der Waals surface area contributed by atoms with E-state index in [-0.39, 0.29) is 5.69 Å². The summed E-state index contributed by atoms with van der Waals surface area (Å²) in [5, 5.41) is 2.82. The number of nitrogens with zero attached hydrogens (tertiary/aromatic N) is 1. The third-order valence-corrected chi connectivity index (χ3v) is 5.73. The van der Waals surface area contributed by atoms with Crippen molar-refractivity contribution in [3.63, 3.8) is 0 Å². The predicted octanol–water partition coefficient (Wildman–Crippen LogP) is 3.88. The zero-order chi connectivity index (χ0) is 21.1. The Labute approximate surface area is 164 Å². The van der Waals surface area contributed by atoms with E-state index < -0.39 is 33.6 Å². The summed E-state index contributed by atoms with van der Waals surface area (Å²) in [5.74, 6) is -2.85. The van der Waals surface area contributed by atoms with Gasteiger partial charge in [-0.05, 0) is 43.0 Å². The van der Waals surface area contributed by atoms with E-state index in [0.29, 0.717) is 18.5 Å². The minimum Gasteiger partial charge on any atom is -0.324 e. The summed E-state index contributed by atoms with van der Waals surface area (Å²) in [7, 11) is -3.93. The van der Waals surface area contributed by atoms with Crippen molar-refractivity contribution in [2.75, 3.05) is 15.9 Å². The molecular formula is C20H24F2N2O3S. The lowest BCUT2D eigenvalue weighted by Gasteiger charge is -2.29. The van der Waals surface area contributed by atoms with Gasteiger partial charge in [0.2, 0.25) is 15.9 Å². The molecule has 5 nitrogen and oxygen atoms in total. The predicted molar refractivity (Wildman–Crippen MR) is 107 cm³/mol. The summed E-state index contributed by atoms with van der Waals surface area (Å²) in [5.41, 5.74) is 2.39. The number of carbonyl (C=O) groups is 1. The Hall–Kier alpha value is -2.48. The van der Waals surface area contributed by atoms with Crippen LogP contribution in [0, 0.1) is 11.6 Å². The molecule has 1 amide bonds. The van der Waals surface area contributed by atoms with Crippen molar-refractivity contribution in [2.45, 2.75) is 39.7 Å². The second kappa shape index (κ2) is 8.68. The van der Waals surface area contributed by atoms with Crippen molar-refractivity contribution in [1.82, 2.24) is 0 Å². The molecule has 152 valence electrons. The highest BCUT2D eigenvalue weighted by Crippen LogP contribution is 2.26. The number of amides is 1. The van der Waals surface area contributed by atoms with Crippen molar-refractivity contribution < 1.29 is 22.0 Å². The lowest BCUT2D eigenvalue weighted by Crippen LogP contribution is -2.45. The van der Waals surface area contributed by atoms with E-state index in [1.807, 2.05) is 32.0 Å². The van der Waals surface area contributed by atoms with Gasteiger partial charge in [0.1, 0.15) is 6.04 Å². The number of carbonyl (C=O) groups excluding carboxylic acids is 1. The average molecular weight is 410 g/mol. The molecule has 2 aromatic carbocycles. The summed E-state index contributed by atoms with van der Waals surface area (Å²) in [6.45, 7) is 5.31. The summed E-state index contributed by atoms with van der Waals surface area (Å²) in [6, 6.07) is 7.23. The molecule has 0 radical (unpaired) electrons. The molecule has 1 atom stereocenters. The van der Waals surface area contributed by atoms with Crippen molar-refractivity contribution in [3.05, 3.63) is 59.2 Å². The van der Waals surface area contributed by atoms with Crippen molar-refractivity contribution in [3.8, 4) is 0 Å². The Morgan fingerprint density at radius 2 is 1.64 bits per heavy atom. The molecule has 0 aliphatic carbocycles. The van der Waals surface area contributed by atoms with Crippen LogP contribution in [0.5, 0.6) is 0 Å². The minimum atomic E-state index is -3.93. The normalized spacial score (nSPS) is 12.5. The van der Waals surface area contributed by atoms with Crippen LogP contribution in [0.15, 0.2) is 36.4 Å². The van der Waals surface area contributed by atoms with Gasteiger partial charge in [-0.2, -0.15) is 0 Å². The molecule has 0 spiro atoms. The molecule has 8 heteroatoms.